The fourth-order valence-electron chi connectivity index (χ4n) is 2.18. The standard InChI is InChI=1S/C19H26N2O3S2/c1-6-19(4,5)20-25(22,17-11-7-15(2)8-12-17)21-26(23,24)18-13-9-16(3)10-14-18/h7-14H,6H2,1-5H3,(H,20,21,22). The lowest BCUT2D eigenvalue weighted by atomic mass is 10.0. The fourth-order valence-corrected chi connectivity index (χ4v) is 6.12. The second-order valence-electron chi connectivity index (χ2n) is 7.04. The Kier molecular flexibility index (Phi) is 5.95. The molecule has 2 aromatic rings. The smallest absolute Gasteiger partial charge is 0.228 e. The van der Waals surface area contributed by atoms with Gasteiger partial charge in [-0.25, -0.2) is 8.93 Å². The maximum absolute atomic E-state index is 13.7. The van der Waals surface area contributed by atoms with Gasteiger partial charge in [0.05, 0.1) is 9.79 Å². The Morgan fingerprint density at radius 1 is 0.846 bits per heavy atom. The van der Waals surface area contributed by atoms with Crippen molar-refractivity contribution in [1.82, 2.24) is 4.72 Å². The Hall–Kier alpha value is -1.70. The number of sulfonamides is 1. The number of nitrogens with one attached hydrogen (secondary N) is 1. The Balaban J connectivity index is 2.66. The normalized spacial score (nSPS) is 14.7. The molecule has 2 aromatic carbocycles. The molecule has 0 aliphatic heterocycles. The summed E-state index contributed by atoms with van der Waals surface area (Å²) in [6.07, 6.45) is 0.663. The summed E-state index contributed by atoms with van der Waals surface area (Å²) < 4.78 is 46.1. The van der Waals surface area contributed by atoms with Crippen LogP contribution < -0.4 is 4.72 Å². The highest BCUT2D eigenvalue weighted by Crippen LogP contribution is 2.22. The van der Waals surface area contributed by atoms with Crippen molar-refractivity contribution < 1.29 is 12.6 Å². The van der Waals surface area contributed by atoms with Crippen LogP contribution in [0.5, 0.6) is 0 Å². The van der Waals surface area contributed by atoms with Crippen molar-refractivity contribution in [3.63, 3.8) is 0 Å². The minimum atomic E-state index is -4.09. The highest BCUT2D eigenvalue weighted by molar-refractivity contribution is 8.02. The van der Waals surface area contributed by atoms with E-state index < -0.39 is 25.5 Å². The largest absolute Gasteiger partial charge is 0.291 e. The maximum atomic E-state index is 13.7. The van der Waals surface area contributed by atoms with Crippen molar-refractivity contribution in [2.75, 3.05) is 0 Å². The predicted octanol–water partition coefficient (Wildman–Crippen LogP) is 4.21. The summed E-state index contributed by atoms with van der Waals surface area (Å²) in [6, 6.07) is 13.3. The lowest BCUT2D eigenvalue weighted by Crippen LogP contribution is -2.42. The molecule has 0 bridgehead atoms. The van der Waals surface area contributed by atoms with Gasteiger partial charge >= 0.3 is 0 Å². The molecule has 0 aliphatic rings. The predicted molar refractivity (Wildman–Crippen MR) is 106 cm³/mol. The van der Waals surface area contributed by atoms with E-state index in [1.54, 1.807) is 36.4 Å². The molecule has 142 valence electrons. The van der Waals surface area contributed by atoms with E-state index in [0.717, 1.165) is 11.1 Å². The summed E-state index contributed by atoms with van der Waals surface area (Å²) in [5.74, 6) is 0. The molecule has 0 heterocycles. The van der Waals surface area contributed by atoms with Gasteiger partial charge in [-0.15, -0.1) is 0 Å². The first-order chi connectivity index (χ1) is 12.0. The quantitative estimate of drug-likeness (QED) is 0.797. The lowest BCUT2D eigenvalue weighted by molar-refractivity contribution is 0.453. The van der Waals surface area contributed by atoms with Crippen molar-refractivity contribution in [3.05, 3.63) is 59.7 Å². The van der Waals surface area contributed by atoms with E-state index in [-0.39, 0.29) is 4.90 Å². The SMILES string of the molecule is CCC(C)(C)NS(=O)(=NS(=O)(=O)c1ccc(C)cc1)c1ccc(C)cc1. The van der Waals surface area contributed by atoms with E-state index in [4.69, 9.17) is 0 Å². The van der Waals surface area contributed by atoms with Gasteiger partial charge in [-0.05, 0) is 58.4 Å². The van der Waals surface area contributed by atoms with Crippen LogP contribution in [0.2, 0.25) is 0 Å². The molecule has 0 saturated carbocycles. The summed E-state index contributed by atoms with van der Waals surface area (Å²) in [4.78, 5) is 0.374. The van der Waals surface area contributed by atoms with Crippen molar-refractivity contribution in [2.45, 2.75) is 56.4 Å². The third-order valence-corrected chi connectivity index (χ3v) is 8.39. The molecule has 0 spiro atoms. The van der Waals surface area contributed by atoms with E-state index >= 15 is 0 Å². The maximum Gasteiger partial charge on any atom is 0.291 e. The average molecular weight is 395 g/mol. The van der Waals surface area contributed by atoms with Crippen LogP contribution >= 0.6 is 0 Å². The zero-order valence-electron chi connectivity index (χ0n) is 15.8. The van der Waals surface area contributed by atoms with E-state index in [1.165, 1.54) is 12.1 Å². The van der Waals surface area contributed by atoms with Gasteiger partial charge in [0.1, 0.15) is 0 Å². The topological polar surface area (TPSA) is 75.6 Å². The van der Waals surface area contributed by atoms with Crippen LogP contribution in [0.25, 0.3) is 0 Å². The second kappa shape index (κ2) is 7.50. The molecule has 0 aromatic heterocycles. The molecule has 0 amide bonds. The molecule has 1 unspecified atom stereocenters. The number of rotatable bonds is 6. The van der Waals surface area contributed by atoms with Crippen LogP contribution in [0, 0.1) is 13.8 Å². The molecule has 26 heavy (non-hydrogen) atoms. The minimum Gasteiger partial charge on any atom is -0.228 e. The van der Waals surface area contributed by atoms with Crippen LogP contribution in [0.1, 0.15) is 38.3 Å². The van der Waals surface area contributed by atoms with Crippen LogP contribution in [-0.4, -0.2) is 18.2 Å². The van der Waals surface area contributed by atoms with Gasteiger partial charge in [0.2, 0.25) is 0 Å². The van der Waals surface area contributed by atoms with Crippen molar-refractivity contribution in [3.8, 4) is 0 Å². The Bertz CT molecular complexity index is 984. The minimum absolute atomic E-state index is 0.0269. The van der Waals surface area contributed by atoms with E-state index in [1.807, 2.05) is 34.6 Å². The third-order valence-electron chi connectivity index (χ3n) is 4.16. The summed E-state index contributed by atoms with van der Waals surface area (Å²) in [5.41, 5.74) is 1.38. The first-order valence-corrected chi connectivity index (χ1v) is 11.4. The van der Waals surface area contributed by atoms with Crippen LogP contribution in [-0.2, 0) is 19.9 Å². The number of hydrogen-bond donors (Lipinski definition) is 1. The van der Waals surface area contributed by atoms with Crippen LogP contribution in [0.4, 0.5) is 0 Å². The molecule has 0 radical (unpaired) electrons. The summed E-state index contributed by atoms with van der Waals surface area (Å²) >= 11 is 0. The Labute approximate surface area is 157 Å². The van der Waals surface area contributed by atoms with Gasteiger partial charge in [0.25, 0.3) is 10.0 Å². The van der Waals surface area contributed by atoms with E-state index in [0.29, 0.717) is 11.3 Å². The molecule has 1 atom stereocenters. The molecule has 7 heteroatoms. The highest BCUT2D eigenvalue weighted by Gasteiger charge is 2.27. The second-order valence-corrected chi connectivity index (χ2v) is 10.8. The molecule has 5 nitrogen and oxygen atoms in total. The fraction of sp³-hybridized carbons (Fsp3) is 0.368. The van der Waals surface area contributed by atoms with Gasteiger partial charge in [-0.1, -0.05) is 46.1 Å². The Morgan fingerprint density at radius 2 is 1.27 bits per heavy atom. The summed E-state index contributed by atoms with van der Waals surface area (Å²) in [6.45, 7) is 9.46. The first kappa shape index (κ1) is 20.6. The molecular formula is C19H26N2O3S2. The monoisotopic (exact) mass is 394 g/mol. The Morgan fingerprint density at radius 3 is 1.69 bits per heavy atom. The zero-order valence-corrected chi connectivity index (χ0v) is 17.4. The molecular weight excluding hydrogens is 368 g/mol. The number of hydrogen-bond acceptors (Lipinski definition) is 3. The van der Waals surface area contributed by atoms with Gasteiger partial charge in [0.15, 0.2) is 9.92 Å². The van der Waals surface area contributed by atoms with Crippen LogP contribution in [0.15, 0.2) is 62.1 Å². The first-order valence-electron chi connectivity index (χ1n) is 8.43. The van der Waals surface area contributed by atoms with Crippen molar-refractivity contribution in [1.29, 1.82) is 0 Å². The molecule has 1 N–H and O–H groups in total. The molecule has 0 aliphatic carbocycles. The van der Waals surface area contributed by atoms with Gasteiger partial charge in [-0.3, -0.25) is 0 Å². The van der Waals surface area contributed by atoms with E-state index in [9.17, 15) is 12.6 Å². The summed E-state index contributed by atoms with van der Waals surface area (Å²) in [7, 11) is -7.47. The molecule has 2 rings (SSSR count). The lowest BCUT2D eigenvalue weighted by Gasteiger charge is -2.26. The van der Waals surface area contributed by atoms with E-state index in [2.05, 4.69) is 8.49 Å². The van der Waals surface area contributed by atoms with Crippen LogP contribution in [0.3, 0.4) is 0 Å². The number of nitrogens with zero attached hydrogens (tertiary/aromatic N) is 1. The average Bonchev–Trinajstić information content (AvgIpc) is 2.54. The van der Waals surface area contributed by atoms with Gasteiger partial charge < -0.3 is 0 Å². The summed E-state index contributed by atoms with van der Waals surface area (Å²) in [5, 5.41) is 0. The molecule has 0 saturated heterocycles. The number of aryl methyl sites for hydroxylation is 2. The van der Waals surface area contributed by atoms with Gasteiger partial charge in [0, 0.05) is 5.54 Å². The molecule has 0 fully saturated rings. The van der Waals surface area contributed by atoms with Gasteiger partial charge in [-0.2, -0.15) is 8.42 Å². The number of benzene rings is 2. The highest BCUT2D eigenvalue weighted by atomic mass is 32.3. The zero-order chi connectivity index (χ0) is 19.6. The van der Waals surface area contributed by atoms with Crippen molar-refractivity contribution in [2.24, 2.45) is 3.77 Å². The third kappa shape index (κ3) is 4.93. The van der Waals surface area contributed by atoms with Crippen molar-refractivity contribution >= 4 is 19.9 Å².